The Morgan fingerprint density at radius 2 is 2.11 bits per heavy atom. The van der Waals surface area contributed by atoms with Gasteiger partial charge in [0.25, 0.3) is 0 Å². The van der Waals surface area contributed by atoms with Crippen molar-refractivity contribution in [1.29, 1.82) is 0 Å². The van der Waals surface area contributed by atoms with Gasteiger partial charge in [-0.25, -0.2) is 8.42 Å². The Morgan fingerprint density at radius 3 is 2.68 bits per heavy atom. The van der Waals surface area contributed by atoms with Crippen molar-refractivity contribution in [3.05, 3.63) is 23.8 Å². The molecule has 0 aliphatic carbocycles. The van der Waals surface area contributed by atoms with E-state index in [0.29, 0.717) is 13.0 Å². The van der Waals surface area contributed by atoms with E-state index in [9.17, 15) is 13.5 Å². The quantitative estimate of drug-likeness (QED) is 0.793. The van der Waals surface area contributed by atoms with E-state index in [1.165, 1.54) is 10.4 Å². The molecule has 0 radical (unpaired) electrons. The molecular weight excluding hydrogens is 264 g/mol. The number of aryl methyl sites for hydroxylation is 1. The van der Waals surface area contributed by atoms with Crippen LogP contribution in [0, 0.1) is 12.8 Å². The number of aliphatic hydroxyl groups is 1. The van der Waals surface area contributed by atoms with Gasteiger partial charge in [-0.15, -0.1) is 0 Å². The first-order valence-electron chi connectivity index (χ1n) is 6.36. The van der Waals surface area contributed by atoms with Crippen LogP contribution in [-0.4, -0.2) is 37.0 Å². The largest absolute Gasteiger partial charge is 0.398 e. The van der Waals surface area contributed by atoms with Crippen LogP contribution in [0.1, 0.15) is 18.9 Å². The molecule has 0 saturated carbocycles. The minimum absolute atomic E-state index is 0.125. The summed E-state index contributed by atoms with van der Waals surface area (Å²) in [6, 6.07) is 4.91. The number of piperidine rings is 1. The van der Waals surface area contributed by atoms with Gasteiger partial charge in [-0.2, -0.15) is 4.31 Å². The van der Waals surface area contributed by atoms with E-state index in [0.717, 1.165) is 5.56 Å². The van der Waals surface area contributed by atoms with Crippen molar-refractivity contribution in [2.75, 3.05) is 18.8 Å². The van der Waals surface area contributed by atoms with Crippen LogP contribution in [0.25, 0.3) is 0 Å². The van der Waals surface area contributed by atoms with Crippen LogP contribution < -0.4 is 5.73 Å². The first kappa shape index (κ1) is 14.3. The molecule has 0 bridgehead atoms. The first-order valence-corrected chi connectivity index (χ1v) is 7.80. The number of rotatable bonds is 2. The third-order valence-corrected chi connectivity index (χ3v) is 5.60. The molecule has 1 aliphatic rings. The summed E-state index contributed by atoms with van der Waals surface area (Å²) in [7, 11) is -3.62. The van der Waals surface area contributed by atoms with Crippen LogP contribution in [0.4, 0.5) is 5.69 Å². The predicted molar refractivity (Wildman–Crippen MR) is 74.1 cm³/mol. The zero-order valence-corrected chi connectivity index (χ0v) is 12.0. The van der Waals surface area contributed by atoms with Crippen molar-refractivity contribution >= 4 is 15.7 Å². The van der Waals surface area contributed by atoms with Crippen molar-refractivity contribution in [3.8, 4) is 0 Å². The van der Waals surface area contributed by atoms with Crippen LogP contribution in [0.3, 0.4) is 0 Å². The fourth-order valence-corrected chi connectivity index (χ4v) is 3.85. The molecular formula is C13H20N2O3S. The maximum atomic E-state index is 12.5. The lowest BCUT2D eigenvalue weighted by Crippen LogP contribution is -2.45. The van der Waals surface area contributed by atoms with Crippen molar-refractivity contribution in [2.24, 2.45) is 5.92 Å². The zero-order chi connectivity index (χ0) is 14.2. The number of aliphatic hydroxyl groups excluding tert-OH is 1. The molecule has 5 nitrogen and oxygen atoms in total. The number of benzene rings is 1. The van der Waals surface area contributed by atoms with Gasteiger partial charge in [0, 0.05) is 13.1 Å². The summed E-state index contributed by atoms with van der Waals surface area (Å²) in [5.41, 5.74) is 6.99. The monoisotopic (exact) mass is 284 g/mol. The molecule has 3 N–H and O–H groups in total. The number of sulfonamides is 1. The molecule has 1 saturated heterocycles. The molecule has 2 rings (SSSR count). The molecule has 0 spiro atoms. The van der Waals surface area contributed by atoms with Crippen LogP contribution in [0.15, 0.2) is 23.1 Å². The summed E-state index contributed by atoms with van der Waals surface area (Å²) in [6.07, 6.45) is 0.0433. The summed E-state index contributed by atoms with van der Waals surface area (Å²) in [5.74, 6) is 0.127. The van der Waals surface area contributed by atoms with Crippen molar-refractivity contribution < 1.29 is 13.5 Å². The SMILES string of the molecule is Cc1ccc(S(=O)(=O)N2CCC(C)C(O)C2)c(N)c1. The molecule has 1 aromatic rings. The Balaban J connectivity index is 2.32. The molecule has 0 amide bonds. The molecule has 0 aromatic heterocycles. The van der Waals surface area contributed by atoms with Crippen molar-refractivity contribution in [2.45, 2.75) is 31.3 Å². The highest BCUT2D eigenvalue weighted by molar-refractivity contribution is 7.89. The lowest BCUT2D eigenvalue weighted by Gasteiger charge is -2.33. The number of nitrogen functional groups attached to an aromatic ring is 1. The number of hydrogen-bond donors (Lipinski definition) is 2. The van der Waals surface area contributed by atoms with Crippen LogP contribution >= 0.6 is 0 Å². The second kappa shape index (κ2) is 5.11. The molecule has 6 heteroatoms. The zero-order valence-electron chi connectivity index (χ0n) is 11.2. The topological polar surface area (TPSA) is 83.6 Å². The van der Waals surface area contributed by atoms with Gasteiger partial charge in [-0.1, -0.05) is 13.0 Å². The predicted octanol–water partition coefficient (Wildman–Crippen LogP) is 0.969. The third kappa shape index (κ3) is 2.75. The summed E-state index contributed by atoms with van der Waals surface area (Å²) < 4.78 is 26.3. The van der Waals surface area contributed by atoms with Crippen molar-refractivity contribution in [3.63, 3.8) is 0 Å². The normalized spacial score (nSPS) is 25.4. The highest BCUT2D eigenvalue weighted by atomic mass is 32.2. The van der Waals surface area contributed by atoms with Gasteiger partial charge in [-0.05, 0) is 37.0 Å². The Morgan fingerprint density at radius 1 is 1.42 bits per heavy atom. The molecule has 106 valence electrons. The average Bonchev–Trinajstić information content (AvgIpc) is 2.32. The lowest BCUT2D eigenvalue weighted by molar-refractivity contribution is 0.0605. The van der Waals surface area contributed by atoms with Gasteiger partial charge in [0.1, 0.15) is 4.90 Å². The number of nitrogens with two attached hydrogens (primary N) is 1. The van der Waals surface area contributed by atoms with Gasteiger partial charge >= 0.3 is 0 Å². The minimum atomic E-state index is -3.62. The number of β-amino-alcohol motifs (C(OH)–C–C–N with tert-alkyl or cyclic N) is 1. The molecule has 19 heavy (non-hydrogen) atoms. The standard InChI is InChI=1S/C13H20N2O3S/c1-9-3-4-13(11(14)7-9)19(17,18)15-6-5-10(2)12(16)8-15/h3-4,7,10,12,16H,5-6,8,14H2,1-2H3. The van der Waals surface area contributed by atoms with Crippen LogP contribution in [-0.2, 0) is 10.0 Å². The Hall–Kier alpha value is -1.11. The molecule has 2 unspecified atom stereocenters. The molecule has 1 aliphatic heterocycles. The van der Waals surface area contributed by atoms with Gasteiger partial charge < -0.3 is 10.8 Å². The fraction of sp³-hybridized carbons (Fsp3) is 0.538. The number of hydrogen-bond acceptors (Lipinski definition) is 4. The first-order chi connectivity index (χ1) is 8.82. The maximum absolute atomic E-state index is 12.5. The Bertz CT molecular complexity index is 571. The number of nitrogens with zero attached hydrogens (tertiary/aromatic N) is 1. The second-order valence-corrected chi connectivity index (χ2v) is 7.14. The van der Waals surface area contributed by atoms with Gasteiger partial charge in [-0.3, -0.25) is 0 Å². The van der Waals surface area contributed by atoms with Crippen molar-refractivity contribution in [1.82, 2.24) is 4.31 Å². The highest BCUT2D eigenvalue weighted by Gasteiger charge is 2.33. The third-order valence-electron chi connectivity index (χ3n) is 3.66. The van der Waals surface area contributed by atoms with E-state index in [1.807, 2.05) is 13.8 Å². The maximum Gasteiger partial charge on any atom is 0.245 e. The van der Waals surface area contributed by atoms with Gasteiger partial charge in [0.15, 0.2) is 0 Å². The van der Waals surface area contributed by atoms with Crippen LogP contribution in [0.2, 0.25) is 0 Å². The van der Waals surface area contributed by atoms with E-state index in [4.69, 9.17) is 5.73 Å². The molecule has 1 fully saturated rings. The van der Waals surface area contributed by atoms with Gasteiger partial charge in [0.2, 0.25) is 10.0 Å². The van der Waals surface area contributed by atoms with Gasteiger partial charge in [0.05, 0.1) is 11.8 Å². The summed E-state index contributed by atoms with van der Waals surface area (Å²) >= 11 is 0. The van der Waals surface area contributed by atoms with E-state index in [-0.39, 0.29) is 23.0 Å². The Kier molecular flexibility index (Phi) is 3.85. The number of anilines is 1. The summed E-state index contributed by atoms with van der Waals surface area (Å²) in [6.45, 7) is 4.35. The summed E-state index contributed by atoms with van der Waals surface area (Å²) in [5, 5.41) is 9.83. The smallest absolute Gasteiger partial charge is 0.245 e. The highest BCUT2D eigenvalue weighted by Crippen LogP contribution is 2.27. The Labute approximate surface area is 114 Å². The molecule has 1 aromatic carbocycles. The molecule has 2 atom stereocenters. The average molecular weight is 284 g/mol. The van der Waals surface area contributed by atoms with E-state index in [1.54, 1.807) is 12.1 Å². The fourth-order valence-electron chi connectivity index (χ4n) is 2.28. The second-order valence-electron chi connectivity index (χ2n) is 5.24. The molecule has 1 heterocycles. The lowest BCUT2D eigenvalue weighted by atomic mass is 9.98. The minimum Gasteiger partial charge on any atom is -0.398 e. The van der Waals surface area contributed by atoms with E-state index >= 15 is 0 Å². The van der Waals surface area contributed by atoms with E-state index < -0.39 is 16.1 Å². The van der Waals surface area contributed by atoms with Crippen LogP contribution in [0.5, 0.6) is 0 Å². The van der Waals surface area contributed by atoms with E-state index in [2.05, 4.69) is 0 Å². The summed E-state index contributed by atoms with van der Waals surface area (Å²) in [4.78, 5) is 0.125.